The third-order valence-corrected chi connectivity index (χ3v) is 15.6. The first-order valence-corrected chi connectivity index (χ1v) is 24.8. The molecule has 0 aliphatic carbocycles. The largest absolute Gasteiger partial charge is 0.453 e. The van der Waals surface area contributed by atoms with Crippen LogP contribution in [0.3, 0.4) is 0 Å². The van der Waals surface area contributed by atoms with Gasteiger partial charge in [0.1, 0.15) is 29.3 Å². The maximum Gasteiger partial charge on any atom is 0.407 e. The van der Waals surface area contributed by atoms with Crippen LogP contribution in [0, 0.1) is 28.9 Å². The van der Waals surface area contributed by atoms with Crippen molar-refractivity contribution < 1.29 is 50.9 Å². The Morgan fingerprint density at radius 1 is 0.753 bits per heavy atom. The van der Waals surface area contributed by atoms with E-state index in [9.17, 15) is 27.9 Å². The van der Waals surface area contributed by atoms with Gasteiger partial charge in [-0.1, -0.05) is 24.0 Å². The summed E-state index contributed by atoms with van der Waals surface area (Å²) in [7, 11) is 0.951. The van der Waals surface area contributed by atoms with Gasteiger partial charge in [0.25, 0.3) is 0 Å². The number of pyridine rings is 2. The Kier molecular flexibility index (Phi) is 14.4. The van der Waals surface area contributed by atoms with E-state index in [2.05, 4.69) is 56.8 Å². The molecule has 2 aromatic carbocycles. The zero-order valence-electron chi connectivity index (χ0n) is 40.9. The van der Waals surface area contributed by atoms with E-state index in [1.165, 1.54) is 18.6 Å². The average molecular weight is 1010 g/mol. The molecular weight excluding hydrogens is 954 g/mol. The number of fused-ring (bicyclic) bond motifs is 4. The van der Waals surface area contributed by atoms with Gasteiger partial charge in [-0.05, 0) is 92.8 Å². The molecule has 73 heavy (non-hydrogen) atoms. The molecule has 8 fully saturated rings. The monoisotopic (exact) mass is 1010 g/mol. The molecule has 4 bridgehead atoms. The number of aliphatic hydroxyl groups excluding tert-OH is 1. The Hall–Kier alpha value is -5.95. The van der Waals surface area contributed by atoms with Gasteiger partial charge >= 0.3 is 12.3 Å². The molecule has 0 saturated carbocycles. The van der Waals surface area contributed by atoms with Gasteiger partial charge in [0.05, 0.1) is 63.2 Å². The zero-order chi connectivity index (χ0) is 51.2. The maximum absolute atomic E-state index is 15.7. The van der Waals surface area contributed by atoms with Crippen molar-refractivity contribution in [1.29, 1.82) is 0 Å². The van der Waals surface area contributed by atoms with Crippen LogP contribution < -0.4 is 25.8 Å². The lowest BCUT2D eigenvalue weighted by Crippen LogP contribution is -2.74. The minimum absolute atomic E-state index is 0.0903. The number of alkyl carbamates (subject to hydrolysis) is 1. The maximum atomic E-state index is 15.7. The fourth-order valence-corrected chi connectivity index (χ4v) is 11.0. The highest BCUT2D eigenvalue weighted by Gasteiger charge is 2.56. The topological polar surface area (TPSA) is 157 Å². The molecule has 4 N–H and O–H groups in total. The smallest absolute Gasteiger partial charge is 0.407 e. The highest BCUT2D eigenvalue weighted by atomic mass is 19.4. The zero-order valence-corrected chi connectivity index (χ0v) is 40.9. The molecule has 15 nitrogen and oxygen atoms in total. The number of carbonyl (C=O) groups excluding carboxylic acids is 2. The Morgan fingerprint density at radius 3 is 1.77 bits per heavy atom. The van der Waals surface area contributed by atoms with Crippen LogP contribution in [-0.4, -0.2) is 164 Å². The first-order valence-electron chi connectivity index (χ1n) is 24.8. The number of piperidine rings is 2. The van der Waals surface area contributed by atoms with Crippen molar-refractivity contribution in [3.8, 4) is 23.0 Å². The van der Waals surface area contributed by atoms with Crippen LogP contribution in [0.1, 0.15) is 48.9 Å². The first-order chi connectivity index (χ1) is 35.0. The lowest BCUT2D eigenvalue weighted by molar-refractivity contribution is -0.220. The third-order valence-electron chi connectivity index (χ3n) is 15.6. The van der Waals surface area contributed by atoms with Crippen LogP contribution in [0.5, 0.6) is 0 Å². The Morgan fingerprint density at radius 2 is 1.29 bits per heavy atom. The van der Waals surface area contributed by atoms with Crippen LogP contribution in [0.4, 0.5) is 38.4 Å². The van der Waals surface area contributed by atoms with Crippen LogP contribution >= 0.6 is 0 Å². The van der Waals surface area contributed by atoms with Gasteiger partial charge in [-0.2, -0.15) is 13.2 Å². The number of aliphatic hydroxyl groups is 1. The number of rotatable bonds is 16. The van der Waals surface area contributed by atoms with Crippen molar-refractivity contribution in [1.82, 2.24) is 35.7 Å². The molecule has 8 saturated heterocycles. The summed E-state index contributed by atoms with van der Waals surface area (Å²) >= 11 is 0. The predicted molar refractivity (Wildman–Crippen MR) is 260 cm³/mol. The molecule has 388 valence electrons. The van der Waals surface area contributed by atoms with E-state index < -0.39 is 53.4 Å². The van der Waals surface area contributed by atoms with Crippen LogP contribution in [0.2, 0.25) is 0 Å². The van der Waals surface area contributed by atoms with Crippen LogP contribution in [0.25, 0.3) is 11.1 Å². The second kappa shape index (κ2) is 20.8. The lowest BCUT2D eigenvalue weighted by Gasteiger charge is -2.60. The summed E-state index contributed by atoms with van der Waals surface area (Å²) < 4.78 is 89.7. The molecule has 10 heterocycles. The number of ether oxygens (including phenoxy) is 3. The normalized spacial score (nSPS) is 23.4. The number of benzene rings is 2. The number of alkyl halides is 3. The molecule has 20 heteroatoms. The van der Waals surface area contributed by atoms with Crippen molar-refractivity contribution in [2.45, 2.75) is 100 Å². The number of amides is 2. The summed E-state index contributed by atoms with van der Waals surface area (Å²) in [4.78, 5) is 45.0. The fourth-order valence-electron chi connectivity index (χ4n) is 11.0. The van der Waals surface area contributed by atoms with Crippen molar-refractivity contribution in [2.24, 2.45) is 5.41 Å². The van der Waals surface area contributed by atoms with Gasteiger partial charge in [0, 0.05) is 98.1 Å². The van der Waals surface area contributed by atoms with Crippen LogP contribution in [0.15, 0.2) is 73.1 Å². The van der Waals surface area contributed by atoms with E-state index in [-0.39, 0.29) is 30.6 Å². The number of hydrogen-bond donors (Lipinski definition) is 4. The Labute approximate surface area is 420 Å². The average Bonchev–Trinajstić information content (AvgIpc) is 3.35. The van der Waals surface area contributed by atoms with E-state index in [4.69, 9.17) is 9.47 Å². The van der Waals surface area contributed by atoms with Gasteiger partial charge in [0.2, 0.25) is 5.91 Å². The molecule has 2 aromatic heterocycles. The number of carbonyl (C=O) groups is 2. The lowest BCUT2D eigenvalue weighted by atomic mass is 9.82. The second-order valence-corrected chi connectivity index (χ2v) is 20.7. The number of nitrogens with zero attached hydrogens (tertiary/aromatic N) is 6. The van der Waals surface area contributed by atoms with Gasteiger partial charge in [-0.15, -0.1) is 0 Å². The SMILES string of the molecule is COC(=O)N[C@H](C(=O)N[C@@H](Cc1ccc(C#Cc2ccc(N3CC4CC(C3)N4C3COC3)nc2)cc1)[C@@H](O)CNCc1c(F)cc(-c2ccc(N3CC4CC(C3)N4C3COC3)nc2)cc1F)C(C)(C)C(F)(F)F. The molecule has 7 atom stereocenters. The minimum atomic E-state index is -4.95. The van der Waals surface area contributed by atoms with E-state index in [1.807, 2.05) is 23.5 Å². The summed E-state index contributed by atoms with van der Waals surface area (Å²) in [5, 5.41) is 18.9. The van der Waals surface area contributed by atoms with Crippen molar-refractivity contribution in [3.05, 3.63) is 107 Å². The molecule has 12 rings (SSSR count). The van der Waals surface area contributed by atoms with Gasteiger partial charge in [-0.3, -0.25) is 14.6 Å². The van der Waals surface area contributed by atoms with Gasteiger partial charge < -0.3 is 45.1 Å². The Bertz CT molecular complexity index is 2650. The molecule has 8 aliphatic heterocycles. The number of piperazine rings is 2. The quantitative estimate of drug-likeness (QED) is 0.0912. The molecule has 2 amide bonds. The van der Waals surface area contributed by atoms with Crippen molar-refractivity contribution in [2.75, 3.05) is 76.1 Å². The molecule has 0 spiro atoms. The highest BCUT2D eigenvalue weighted by molar-refractivity contribution is 5.87. The van der Waals surface area contributed by atoms with Crippen molar-refractivity contribution >= 4 is 23.6 Å². The number of aromatic nitrogens is 2. The highest BCUT2D eigenvalue weighted by Crippen LogP contribution is 2.42. The first kappa shape index (κ1) is 50.6. The molecular formula is C53H60F5N9O6. The van der Waals surface area contributed by atoms with Gasteiger partial charge in [0.15, 0.2) is 0 Å². The number of hydrogen-bond acceptors (Lipinski definition) is 13. The van der Waals surface area contributed by atoms with E-state index in [0.717, 1.165) is 91.6 Å². The molecule has 4 unspecified atom stereocenters. The van der Waals surface area contributed by atoms with E-state index in [0.29, 0.717) is 58.5 Å². The third kappa shape index (κ3) is 10.6. The summed E-state index contributed by atoms with van der Waals surface area (Å²) in [5.41, 5.74) is -0.342. The van der Waals surface area contributed by atoms with Crippen molar-refractivity contribution in [3.63, 3.8) is 0 Å². The van der Waals surface area contributed by atoms with E-state index >= 15 is 8.78 Å². The minimum Gasteiger partial charge on any atom is -0.453 e. The van der Waals surface area contributed by atoms with Gasteiger partial charge in [-0.25, -0.2) is 23.5 Å². The summed E-state index contributed by atoms with van der Waals surface area (Å²) in [6, 6.07) is 16.4. The van der Waals surface area contributed by atoms with E-state index in [1.54, 1.807) is 42.7 Å². The number of anilines is 2. The molecule has 0 radical (unpaired) electrons. The second-order valence-electron chi connectivity index (χ2n) is 20.7. The number of halogens is 5. The molecule has 8 aliphatic rings. The fraction of sp³-hybridized carbons (Fsp3) is 0.509. The summed E-state index contributed by atoms with van der Waals surface area (Å²) in [6.07, 6.45) is -2.13. The number of nitrogens with one attached hydrogen (secondary N) is 3. The summed E-state index contributed by atoms with van der Waals surface area (Å²) in [5.74, 6) is 5.03. The summed E-state index contributed by atoms with van der Waals surface area (Å²) in [6.45, 7) is 7.53. The number of methoxy groups -OCH3 is 1. The standard InChI is InChI=1S/C53H60F5N9O6/c1-52(2,53(56,57)58)49(63-51(70)71-3)50(69)62-45(14-32-7-4-31(5-8-32)6-9-33-10-12-47(60-19-33)64-23-36-17-37(24-64)66(36)40-27-72-28-40)46(68)22-59-21-42-43(54)15-35(16-44(42)55)34-11-13-48(61-20-34)65-25-38-18-39(26-65)67(38)41-29-73-30-41/h4-5,7-8,10-13,15-16,19-20,36-41,45-46,49,59,68H,14,17-18,21-30H2,1-3H3,(H,62,69)(H,63,70)/t36?,37?,38?,39?,45-,46-,49+/m0/s1. The Balaban J connectivity index is 0.781. The van der Waals surface area contributed by atoms with Crippen LogP contribution in [-0.2, 0) is 32.0 Å². The predicted octanol–water partition coefficient (Wildman–Crippen LogP) is 4.64. The molecule has 4 aromatic rings.